The number of nitrogens with zero attached hydrogens (tertiary/aromatic N) is 2. The first-order valence-electron chi connectivity index (χ1n) is 10.2. The third kappa shape index (κ3) is 5.35. The van der Waals surface area contributed by atoms with Crippen molar-refractivity contribution in [2.75, 3.05) is 13.7 Å². The molecule has 0 aromatic carbocycles. The summed E-state index contributed by atoms with van der Waals surface area (Å²) < 4.78 is 5.60. The Hall–Kier alpha value is -1.34. The SMILES string of the molecule is CC1CCC(C(C)N(C)[C@@H](CO)C(=O)NC2CCC2)N1C(=O)OC(C)(C)C. The molecule has 4 atom stereocenters. The highest BCUT2D eigenvalue weighted by Gasteiger charge is 2.42. The number of carbonyl (C=O) groups is 2. The van der Waals surface area contributed by atoms with Gasteiger partial charge < -0.3 is 20.1 Å². The zero-order chi connectivity index (χ0) is 20.4. The summed E-state index contributed by atoms with van der Waals surface area (Å²) in [4.78, 5) is 29.0. The summed E-state index contributed by atoms with van der Waals surface area (Å²) >= 11 is 0. The van der Waals surface area contributed by atoms with Crippen molar-refractivity contribution in [2.45, 2.75) is 103 Å². The van der Waals surface area contributed by atoms with E-state index in [0.29, 0.717) is 0 Å². The largest absolute Gasteiger partial charge is 0.444 e. The first-order chi connectivity index (χ1) is 12.5. The number of hydrogen-bond donors (Lipinski definition) is 2. The zero-order valence-electron chi connectivity index (χ0n) is 17.7. The minimum absolute atomic E-state index is 0.0506. The van der Waals surface area contributed by atoms with Crippen LogP contribution >= 0.6 is 0 Å². The van der Waals surface area contributed by atoms with Gasteiger partial charge in [-0.3, -0.25) is 9.69 Å². The fourth-order valence-electron chi connectivity index (χ4n) is 3.92. The van der Waals surface area contributed by atoms with Crippen molar-refractivity contribution in [2.24, 2.45) is 0 Å². The molecule has 2 aliphatic rings. The predicted octanol–water partition coefficient (Wildman–Crippen LogP) is 2.12. The number of carbonyl (C=O) groups excluding carboxylic acids is 2. The molecule has 2 amide bonds. The molecule has 0 aromatic heterocycles. The highest BCUT2D eigenvalue weighted by molar-refractivity contribution is 5.82. The maximum Gasteiger partial charge on any atom is 0.410 e. The average molecular weight is 384 g/mol. The third-order valence-electron chi connectivity index (χ3n) is 5.93. The van der Waals surface area contributed by atoms with Gasteiger partial charge in [0.1, 0.15) is 11.6 Å². The van der Waals surface area contributed by atoms with Crippen molar-refractivity contribution in [1.29, 1.82) is 0 Å². The van der Waals surface area contributed by atoms with Crippen LogP contribution in [0.2, 0.25) is 0 Å². The molecule has 7 nitrogen and oxygen atoms in total. The lowest BCUT2D eigenvalue weighted by Crippen LogP contribution is -2.58. The van der Waals surface area contributed by atoms with Crippen LogP contribution in [0.25, 0.3) is 0 Å². The van der Waals surface area contributed by atoms with Crippen LogP contribution in [0.3, 0.4) is 0 Å². The highest BCUT2D eigenvalue weighted by atomic mass is 16.6. The van der Waals surface area contributed by atoms with Crippen LogP contribution in [-0.2, 0) is 9.53 Å². The molecule has 1 saturated heterocycles. The molecule has 1 saturated carbocycles. The highest BCUT2D eigenvalue weighted by Crippen LogP contribution is 2.30. The van der Waals surface area contributed by atoms with Gasteiger partial charge in [-0.05, 0) is 73.8 Å². The first kappa shape index (κ1) is 22.0. The number of aliphatic hydroxyl groups excluding tert-OH is 1. The predicted molar refractivity (Wildman–Crippen MR) is 104 cm³/mol. The van der Waals surface area contributed by atoms with Crippen LogP contribution in [0.15, 0.2) is 0 Å². The van der Waals surface area contributed by atoms with E-state index in [9.17, 15) is 14.7 Å². The van der Waals surface area contributed by atoms with Crippen LogP contribution in [0.1, 0.15) is 66.7 Å². The Morgan fingerprint density at radius 2 is 1.89 bits per heavy atom. The molecule has 2 rings (SSSR count). The van der Waals surface area contributed by atoms with Gasteiger partial charge in [0.15, 0.2) is 0 Å². The number of ether oxygens (including phenoxy) is 1. The molecule has 156 valence electrons. The first-order valence-corrected chi connectivity index (χ1v) is 10.2. The van der Waals surface area contributed by atoms with E-state index in [-0.39, 0.29) is 42.8 Å². The van der Waals surface area contributed by atoms with Crippen molar-refractivity contribution in [1.82, 2.24) is 15.1 Å². The van der Waals surface area contributed by atoms with E-state index in [4.69, 9.17) is 4.74 Å². The average Bonchev–Trinajstić information content (AvgIpc) is 2.90. The summed E-state index contributed by atoms with van der Waals surface area (Å²) in [5.41, 5.74) is -0.546. The number of likely N-dealkylation sites (N-methyl/N-ethyl adjacent to an activating group) is 1. The van der Waals surface area contributed by atoms with E-state index in [1.54, 1.807) is 0 Å². The molecule has 0 bridgehead atoms. The summed E-state index contributed by atoms with van der Waals surface area (Å²) in [6, 6.07) is -0.411. The Labute approximate surface area is 163 Å². The molecule has 3 unspecified atom stereocenters. The Morgan fingerprint density at radius 1 is 1.26 bits per heavy atom. The van der Waals surface area contributed by atoms with Gasteiger partial charge in [-0.1, -0.05) is 0 Å². The number of likely N-dealkylation sites (tertiary alicyclic amines) is 1. The molecule has 27 heavy (non-hydrogen) atoms. The molecule has 2 fully saturated rings. The van der Waals surface area contributed by atoms with Gasteiger partial charge in [0.2, 0.25) is 5.91 Å². The smallest absolute Gasteiger partial charge is 0.410 e. The number of amides is 2. The van der Waals surface area contributed by atoms with Crippen LogP contribution < -0.4 is 5.32 Å². The second kappa shape index (κ2) is 8.78. The minimum Gasteiger partial charge on any atom is -0.444 e. The van der Waals surface area contributed by atoms with E-state index < -0.39 is 11.6 Å². The topological polar surface area (TPSA) is 82.1 Å². The summed E-state index contributed by atoms with van der Waals surface area (Å²) in [6.07, 6.45) is 4.61. The maximum atomic E-state index is 12.7. The standard InChI is InChI=1S/C20H37N3O4/c1-13-10-11-16(23(13)19(26)27-20(3,4)5)14(2)22(6)17(12-24)18(25)21-15-8-7-9-15/h13-17,24H,7-12H2,1-6H3,(H,21,25)/t13?,14?,16?,17-/m0/s1. The van der Waals surface area contributed by atoms with Crippen LogP contribution in [-0.4, -0.2) is 76.4 Å². The van der Waals surface area contributed by atoms with Crippen LogP contribution in [0, 0.1) is 0 Å². The van der Waals surface area contributed by atoms with E-state index in [0.717, 1.165) is 32.1 Å². The second-order valence-electron chi connectivity index (χ2n) is 9.12. The van der Waals surface area contributed by atoms with Crippen molar-refractivity contribution in [3.63, 3.8) is 0 Å². The van der Waals surface area contributed by atoms with Gasteiger partial charge in [0.05, 0.1) is 12.6 Å². The van der Waals surface area contributed by atoms with Gasteiger partial charge in [-0.15, -0.1) is 0 Å². The molecule has 0 aromatic rings. The molecule has 7 heteroatoms. The Balaban J connectivity index is 2.06. The third-order valence-corrected chi connectivity index (χ3v) is 5.93. The fourth-order valence-corrected chi connectivity index (χ4v) is 3.92. The van der Waals surface area contributed by atoms with Crippen LogP contribution in [0.4, 0.5) is 4.79 Å². The van der Waals surface area contributed by atoms with Crippen molar-refractivity contribution in [3.05, 3.63) is 0 Å². The van der Waals surface area contributed by atoms with Gasteiger partial charge in [-0.2, -0.15) is 0 Å². The Kier molecular flexibility index (Phi) is 7.14. The maximum absolute atomic E-state index is 12.7. The molecule has 0 radical (unpaired) electrons. The van der Waals surface area contributed by atoms with E-state index in [1.807, 2.05) is 51.5 Å². The number of hydrogen-bond acceptors (Lipinski definition) is 5. The van der Waals surface area contributed by atoms with Crippen molar-refractivity contribution >= 4 is 12.0 Å². The summed E-state index contributed by atoms with van der Waals surface area (Å²) in [7, 11) is 1.85. The van der Waals surface area contributed by atoms with E-state index in [2.05, 4.69) is 5.32 Å². The molecule has 1 aliphatic heterocycles. The Morgan fingerprint density at radius 3 is 2.37 bits per heavy atom. The molecule has 1 aliphatic carbocycles. The summed E-state index contributed by atoms with van der Waals surface area (Å²) in [6.45, 7) is 9.39. The van der Waals surface area contributed by atoms with Gasteiger partial charge in [0.25, 0.3) is 0 Å². The molecule has 0 spiro atoms. The normalized spacial score (nSPS) is 25.9. The number of rotatable bonds is 6. The lowest BCUT2D eigenvalue weighted by Gasteiger charge is -2.40. The van der Waals surface area contributed by atoms with Gasteiger partial charge in [-0.25, -0.2) is 4.79 Å². The lowest BCUT2D eigenvalue weighted by molar-refractivity contribution is -0.129. The second-order valence-corrected chi connectivity index (χ2v) is 9.12. The Bertz CT molecular complexity index is 530. The summed E-state index contributed by atoms with van der Waals surface area (Å²) in [5, 5.41) is 12.9. The van der Waals surface area contributed by atoms with Crippen molar-refractivity contribution in [3.8, 4) is 0 Å². The van der Waals surface area contributed by atoms with E-state index in [1.165, 1.54) is 0 Å². The van der Waals surface area contributed by atoms with Crippen molar-refractivity contribution < 1.29 is 19.4 Å². The van der Waals surface area contributed by atoms with Crippen LogP contribution in [0.5, 0.6) is 0 Å². The van der Waals surface area contributed by atoms with Gasteiger partial charge >= 0.3 is 6.09 Å². The number of aliphatic hydroxyl groups is 1. The van der Waals surface area contributed by atoms with E-state index >= 15 is 0 Å². The monoisotopic (exact) mass is 383 g/mol. The zero-order valence-corrected chi connectivity index (χ0v) is 17.7. The van der Waals surface area contributed by atoms with Gasteiger partial charge in [0, 0.05) is 18.1 Å². The number of nitrogens with one attached hydrogen (secondary N) is 1. The molecule has 1 heterocycles. The minimum atomic E-state index is -0.614. The molecule has 2 N–H and O–H groups in total. The summed E-state index contributed by atoms with van der Waals surface area (Å²) in [5.74, 6) is -0.133. The fraction of sp³-hybridized carbons (Fsp3) is 0.900. The quantitative estimate of drug-likeness (QED) is 0.734. The lowest BCUT2D eigenvalue weighted by atomic mass is 9.93. The molecular weight excluding hydrogens is 346 g/mol. The molecular formula is C20H37N3O4.